The van der Waals surface area contributed by atoms with Crippen LogP contribution in [0.15, 0.2) is 9.98 Å². The molecule has 0 unspecified atom stereocenters. The number of aliphatic hydroxyl groups excluding tert-OH is 2. The highest BCUT2D eigenvalue weighted by Gasteiger charge is 2.02. The molecule has 0 spiro atoms. The standard InChI is InChI=1S/C16H30N4O10S7/c21-7-33-13-36-10-26-16(24)20-6-32-3-17-1-27-29-11-35-9-25-15(23)19-5-31-4-18-2-28-30-12-37-14-34-8-22/h1-2,21-22H,3-14H2,(H,19,23)(H,20,24)/b17-1+,18-2?. The minimum atomic E-state index is -0.571. The van der Waals surface area contributed by atoms with Crippen molar-refractivity contribution in [2.24, 2.45) is 9.98 Å². The third-order valence-corrected chi connectivity index (χ3v) is 8.15. The van der Waals surface area contributed by atoms with Gasteiger partial charge in [0, 0.05) is 10.2 Å². The number of aliphatic hydroxyl groups is 2. The van der Waals surface area contributed by atoms with Crippen LogP contribution in [0.3, 0.4) is 0 Å². The molecule has 21 heteroatoms. The SMILES string of the molecule is O=C(NCSCN=COOCSCSCO)OCSCOO/C=N/CSCNC(=O)OCSCSCO. The topological polar surface area (TPSA) is 179 Å². The second kappa shape index (κ2) is 32.0. The molecule has 0 heterocycles. The fraction of sp³-hybridized carbons (Fsp3) is 0.750. The lowest BCUT2D eigenvalue weighted by Crippen LogP contribution is -2.23. The smallest absolute Gasteiger partial charge is 0.408 e. The average molecular weight is 663 g/mol. The predicted octanol–water partition coefficient (Wildman–Crippen LogP) is 3.00. The van der Waals surface area contributed by atoms with Gasteiger partial charge in [-0.2, -0.15) is 9.78 Å². The molecule has 37 heavy (non-hydrogen) atoms. The van der Waals surface area contributed by atoms with E-state index in [1.54, 1.807) is 0 Å². The van der Waals surface area contributed by atoms with E-state index in [9.17, 15) is 9.59 Å². The van der Waals surface area contributed by atoms with Gasteiger partial charge in [0.25, 0.3) is 0 Å². The molecule has 0 rings (SSSR count). The third kappa shape index (κ3) is 31.9. The van der Waals surface area contributed by atoms with Crippen LogP contribution in [0.5, 0.6) is 0 Å². The molecule has 0 saturated heterocycles. The van der Waals surface area contributed by atoms with Crippen molar-refractivity contribution in [3.05, 3.63) is 0 Å². The lowest BCUT2D eigenvalue weighted by Gasteiger charge is -2.06. The first-order valence-electron chi connectivity index (χ1n) is 9.81. The fourth-order valence-corrected chi connectivity index (χ4v) is 5.04. The van der Waals surface area contributed by atoms with E-state index in [2.05, 4.69) is 20.6 Å². The molecular weight excluding hydrogens is 633 g/mol. The molecule has 0 fully saturated rings. The number of amides is 2. The molecule has 0 aliphatic carbocycles. The van der Waals surface area contributed by atoms with E-state index < -0.39 is 12.2 Å². The van der Waals surface area contributed by atoms with Crippen molar-refractivity contribution in [2.75, 3.05) is 69.3 Å². The summed E-state index contributed by atoms with van der Waals surface area (Å²) in [5.74, 6) is 2.20. The summed E-state index contributed by atoms with van der Waals surface area (Å²) >= 11 is 9.40. The van der Waals surface area contributed by atoms with E-state index in [4.69, 9.17) is 39.2 Å². The van der Waals surface area contributed by atoms with Crippen molar-refractivity contribution in [1.82, 2.24) is 10.6 Å². The van der Waals surface area contributed by atoms with E-state index in [-0.39, 0.29) is 29.7 Å². The number of ether oxygens (including phenoxy) is 2. The number of aliphatic imine (C=N–C) groups is 2. The molecule has 0 saturated carbocycles. The molecule has 2 amide bonds. The number of nitrogens with zero attached hydrogens (tertiary/aromatic N) is 2. The summed E-state index contributed by atoms with van der Waals surface area (Å²) < 4.78 is 9.86. The van der Waals surface area contributed by atoms with Crippen molar-refractivity contribution in [3.8, 4) is 0 Å². The molecular formula is C16H30N4O10S7. The Labute approximate surface area is 244 Å². The summed E-state index contributed by atoms with van der Waals surface area (Å²) in [5.41, 5.74) is 0. The zero-order valence-electron chi connectivity index (χ0n) is 19.6. The molecule has 216 valence electrons. The number of hydrogen-bond donors (Lipinski definition) is 4. The Morgan fingerprint density at radius 2 is 1.11 bits per heavy atom. The van der Waals surface area contributed by atoms with E-state index in [1.165, 1.54) is 88.7 Å². The van der Waals surface area contributed by atoms with Gasteiger partial charge in [-0.3, -0.25) is 0 Å². The Bertz CT molecular complexity index is 602. The normalized spacial score (nSPS) is 11.1. The van der Waals surface area contributed by atoms with Gasteiger partial charge in [0.05, 0.1) is 35.4 Å². The molecule has 0 aromatic carbocycles. The van der Waals surface area contributed by atoms with Crippen molar-refractivity contribution in [1.29, 1.82) is 0 Å². The number of thioether (sulfide) groups is 7. The first kappa shape index (κ1) is 36.8. The first-order chi connectivity index (χ1) is 18.2. The van der Waals surface area contributed by atoms with Crippen LogP contribution < -0.4 is 10.6 Å². The Kier molecular flexibility index (Phi) is 31.8. The van der Waals surface area contributed by atoms with Gasteiger partial charge >= 0.3 is 12.2 Å². The maximum atomic E-state index is 11.5. The summed E-state index contributed by atoms with van der Waals surface area (Å²) in [7, 11) is 0. The zero-order valence-corrected chi connectivity index (χ0v) is 25.3. The quantitative estimate of drug-likeness (QED) is 0.0265. The largest absolute Gasteiger partial charge is 0.438 e. The Morgan fingerprint density at radius 3 is 1.62 bits per heavy atom. The Morgan fingerprint density at radius 1 is 0.649 bits per heavy atom. The highest BCUT2D eigenvalue weighted by Crippen LogP contribution is 2.11. The molecule has 0 bridgehead atoms. The van der Waals surface area contributed by atoms with Crippen molar-refractivity contribution in [2.45, 2.75) is 0 Å². The molecule has 0 atom stereocenters. The van der Waals surface area contributed by atoms with Gasteiger partial charge in [0.15, 0.2) is 0 Å². The minimum absolute atomic E-state index is 0.0390. The summed E-state index contributed by atoms with van der Waals surface area (Å²) in [4.78, 5) is 49.9. The highest BCUT2D eigenvalue weighted by atomic mass is 32.2. The molecule has 0 aromatic heterocycles. The van der Waals surface area contributed by atoms with Crippen molar-refractivity contribution >= 4 is 107 Å². The number of nitrogens with one attached hydrogen (secondary N) is 2. The zero-order chi connectivity index (χ0) is 27.1. The molecule has 0 aliphatic rings. The van der Waals surface area contributed by atoms with E-state index in [0.29, 0.717) is 39.6 Å². The Hall–Kier alpha value is -0.230. The monoisotopic (exact) mass is 662 g/mol. The third-order valence-electron chi connectivity index (χ3n) is 2.67. The number of carbonyl (C=O) groups is 2. The lowest BCUT2D eigenvalue weighted by atomic mass is 11.1. The lowest BCUT2D eigenvalue weighted by molar-refractivity contribution is -0.196. The maximum absolute atomic E-state index is 11.5. The van der Waals surface area contributed by atoms with Gasteiger partial charge < -0.3 is 40.1 Å². The van der Waals surface area contributed by atoms with E-state index in [0.717, 1.165) is 6.40 Å². The Balaban J connectivity index is 3.33. The molecule has 14 nitrogen and oxygen atoms in total. The number of carbonyl (C=O) groups excluding carboxylic acids is 2. The highest BCUT2D eigenvalue weighted by molar-refractivity contribution is 8.16. The molecule has 0 aromatic rings. The molecule has 0 radical (unpaired) electrons. The van der Waals surface area contributed by atoms with Crippen molar-refractivity contribution < 1.29 is 48.8 Å². The summed E-state index contributed by atoms with van der Waals surface area (Å²) in [5, 5.41) is 23.6. The van der Waals surface area contributed by atoms with Crippen LogP contribution in [0.2, 0.25) is 0 Å². The van der Waals surface area contributed by atoms with Gasteiger partial charge in [-0.25, -0.2) is 19.6 Å². The summed E-state index contributed by atoms with van der Waals surface area (Å²) in [6.45, 7) is 0. The van der Waals surface area contributed by atoms with Gasteiger partial charge in [0.2, 0.25) is 12.8 Å². The van der Waals surface area contributed by atoms with E-state index >= 15 is 0 Å². The summed E-state index contributed by atoms with van der Waals surface area (Å²) in [6.07, 6.45) is 1.21. The molecule has 4 N–H and O–H groups in total. The van der Waals surface area contributed by atoms with Gasteiger partial charge in [-0.05, 0) is 0 Å². The second-order valence-corrected chi connectivity index (χ2v) is 12.5. The number of alkyl carbamates (subject to hydrolysis) is 2. The number of hydrogen-bond acceptors (Lipinski definition) is 19. The minimum Gasteiger partial charge on any atom is -0.438 e. The van der Waals surface area contributed by atoms with Crippen LogP contribution >= 0.6 is 82.3 Å². The predicted molar refractivity (Wildman–Crippen MR) is 157 cm³/mol. The van der Waals surface area contributed by atoms with Crippen LogP contribution in [0.4, 0.5) is 9.59 Å². The van der Waals surface area contributed by atoms with Crippen LogP contribution in [0.25, 0.3) is 0 Å². The van der Waals surface area contributed by atoms with Crippen LogP contribution in [0.1, 0.15) is 0 Å². The van der Waals surface area contributed by atoms with Crippen LogP contribution in [-0.4, -0.2) is 105 Å². The van der Waals surface area contributed by atoms with Gasteiger partial charge in [-0.1, -0.05) is 11.8 Å². The fourth-order valence-electron chi connectivity index (χ4n) is 1.31. The van der Waals surface area contributed by atoms with Crippen LogP contribution in [0, 0.1) is 0 Å². The van der Waals surface area contributed by atoms with Gasteiger partial charge in [0.1, 0.15) is 23.8 Å². The van der Waals surface area contributed by atoms with Gasteiger partial charge in [-0.15, -0.1) is 70.6 Å². The average Bonchev–Trinajstić information content (AvgIpc) is 2.89. The van der Waals surface area contributed by atoms with Crippen LogP contribution in [-0.2, 0) is 29.0 Å². The first-order valence-corrected chi connectivity index (χ1v) is 17.9. The van der Waals surface area contributed by atoms with E-state index in [1.807, 2.05) is 0 Å². The van der Waals surface area contributed by atoms with Crippen molar-refractivity contribution in [3.63, 3.8) is 0 Å². The summed E-state index contributed by atoms with van der Waals surface area (Å²) in [6, 6.07) is 0. The molecule has 0 aliphatic heterocycles. The maximum Gasteiger partial charge on any atom is 0.408 e. The number of rotatable bonds is 26. The second-order valence-electron chi connectivity index (χ2n) is 5.16.